The normalized spacial score (nSPS) is 18.4. The number of aldehydes is 1. The maximum absolute atomic E-state index is 11.8. The van der Waals surface area contributed by atoms with E-state index in [1.807, 2.05) is 43.6 Å². The predicted molar refractivity (Wildman–Crippen MR) is 132 cm³/mol. The number of carbonyl (C=O) groups is 1. The van der Waals surface area contributed by atoms with Gasteiger partial charge in [0.2, 0.25) is 0 Å². The van der Waals surface area contributed by atoms with Crippen LogP contribution >= 0.6 is 0 Å². The summed E-state index contributed by atoms with van der Waals surface area (Å²) >= 11 is 0. The summed E-state index contributed by atoms with van der Waals surface area (Å²) in [5, 5.41) is 6.61. The minimum absolute atomic E-state index is 0.441. The number of fused-ring (bicyclic) bond motifs is 1. The molecular formula is C27H29N5O. The summed E-state index contributed by atoms with van der Waals surface area (Å²) in [6.45, 7) is 4.26. The van der Waals surface area contributed by atoms with Gasteiger partial charge in [0.05, 0.1) is 5.69 Å². The Labute approximate surface area is 194 Å². The van der Waals surface area contributed by atoms with Crippen LogP contribution in [-0.4, -0.2) is 41.3 Å². The highest BCUT2D eigenvalue weighted by atomic mass is 16.1. The summed E-state index contributed by atoms with van der Waals surface area (Å²) < 4.78 is 0. The van der Waals surface area contributed by atoms with Crippen LogP contribution in [0.2, 0.25) is 0 Å². The molecular weight excluding hydrogens is 410 g/mol. The number of piperidine rings is 1. The van der Waals surface area contributed by atoms with Gasteiger partial charge in [0, 0.05) is 28.7 Å². The molecule has 2 aliphatic rings. The Morgan fingerprint density at radius 1 is 1.12 bits per heavy atom. The molecule has 33 heavy (non-hydrogen) atoms. The third-order valence-corrected chi connectivity index (χ3v) is 6.65. The van der Waals surface area contributed by atoms with Crippen molar-refractivity contribution < 1.29 is 4.79 Å². The highest BCUT2D eigenvalue weighted by molar-refractivity contribution is 5.79. The van der Waals surface area contributed by atoms with Gasteiger partial charge in [-0.05, 0) is 99.6 Å². The third-order valence-electron chi connectivity index (χ3n) is 6.65. The third kappa shape index (κ3) is 4.52. The molecule has 0 radical (unpaired) electrons. The van der Waals surface area contributed by atoms with Crippen molar-refractivity contribution in [2.45, 2.75) is 31.7 Å². The summed E-state index contributed by atoms with van der Waals surface area (Å²) in [5.74, 6) is 1.30. The Bertz CT molecular complexity index is 1160. The van der Waals surface area contributed by atoms with E-state index in [2.05, 4.69) is 51.8 Å². The molecule has 1 atom stereocenters. The molecule has 0 aliphatic carbocycles. The van der Waals surface area contributed by atoms with Crippen LogP contribution in [0.3, 0.4) is 0 Å². The number of hydrogen-bond donors (Lipinski definition) is 2. The minimum atomic E-state index is -0.441. The van der Waals surface area contributed by atoms with Crippen LogP contribution in [0.5, 0.6) is 0 Å². The van der Waals surface area contributed by atoms with E-state index >= 15 is 0 Å². The Morgan fingerprint density at radius 2 is 1.91 bits per heavy atom. The van der Waals surface area contributed by atoms with E-state index in [4.69, 9.17) is 4.98 Å². The van der Waals surface area contributed by atoms with Crippen molar-refractivity contribution >= 4 is 23.9 Å². The summed E-state index contributed by atoms with van der Waals surface area (Å²) in [6, 6.07) is 14.2. The molecule has 6 heteroatoms. The molecule has 5 rings (SSSR count). The number of nitrogens with zero attached hydrogens (tertiary/aromatic N) is 3. The van der Waals surface area contributed by atoms with Gasteiger partial charge in [0.25, 0.3) is 0 Å². The lowest BCUT2D eigenvalue weighted by Gasteiger charge is -2.29. The molecule has 2 aliphatic heterocycles. The summed E-state index contributed by atoms with van der Waals surface area (Å²) in [7, 11) is 2.19. The van der Waals surface area contributed by atoms with Crippen molar-refractivity contribution in [3.05, 3.63) is 77.2 Å². The Kier molecular flexibility index (Phi) is 5.92. The van der Waals surface area contributed by atoms with Crippen molar-refractivity contribution in [1.29, 1.82) is 0 Å². The second-order valence-electron chi connectivity index (χ2n) is 8.99. The highest BCUT2D eigenvalue weighted by Gasteiger charge is 2.23. The zero-order chi connectivity index (χ0) is 22.8. The molecule has 0 bridgehead atoms. The van der Waals surface area contributed by atoms with Crippen LogP contribution in [0.25, 0.3) is 17.3 Å². The second kappa shape index (κ2) is 9.16. The van der Waals surface area contributed by atoms with E-state index in [1.165, 1.54) is 18.4 Å². The van der Waals surface area contributed by atoms with Crippen LogP contribution in [0, 0.1) is 6.92 Å². The number of hydrogen-bond acceptors (Lipinski definition) is 6. The van der Waals surface area contributed by atoms with Gasteiger partial charge in [-0.1, -0.05) is 12.1 Å². The SMILES string of the molecule is Cc1ccc(-c2cc3c(c(Nc4ccc(C5CCN(C)CC5)cc4)n2)C(C=O)NC=C3)cn1. The number of aromatic nitrogens is 2. The van der Waals surface area contributed by atoms with Crippen molar-refractivity contribution in [1.82, 2.24) is 20.2 Å². The van der Waals surface area contributed by atoms with E-state index in [0.29, 0.717) is 11.7 Å². The fraction of sp³-hybridized carbons (Fsp3) is 0.296. The maximum Gasteiger partial charge on any atom is 0.146 e. The van der Waals surface area contributed by atoms with Crippen LogP contribution in [-0.2, 0) is 4.79 Å². The molecule has 2 aromatic heterocycles. The number of carbonyl (C=O) groups excluding carboxylic acids is 1. The first-order valence-corrected chi connectivity index (χ1v) is 11.5. The van der Waals surface area contributed by atoms with Crippen LogP contribution in [0.15, 0.2) is 54.9 Å². The van der Waals surface area contributed by atoms with Crippen molar-refractivity contribution in [3.8, 4) is 11.3 Å². The minimum Gasteiger partial charge on any atom is -0.378 e. The molecule has 0 amide bonds. The molecule has 1 fully saturated rings. The number of pyridine rings is 2. The van der Waals surface area contributed by atoms with Gasteiger partial charge in [-0.25, -0.2) is 4.98 Å². The molecule has 0 saturated carbocycles. The number of aryl methyl sites for hydroxylation is 1. The Balaban J connectivity index is 1.47. The Morgan fingerprint density at radius 3 is 2.61 bits per heavy atom. The number of benzene rings is 1. The summed E-state index contributed by atoms with van der Waals surface area (Å²) in [6.07, 6.45) is 8.96. The average Bonchev–Trinajstić information content (AvgIpc) is 2.85. The van der Waals surface area contributed by atoms with Gasteiger partial charge >= 0.3 is 0 Å². The lowest BCUT2D eigenvalue weighted by atomic mass is 9.89. The molecule has 1 unspecified atom stereocenters. The van der Waals surface area contributed by atoms with Gasteiger partial charge in [0.15, 0.2) is 0 Å². The van der Waals surface area contributed by atoms with Gasteiger partial charge in [0.1, 0.15) is 18.1 Å². The molecule has 168 valence electrons. The van der Waals surface area contributed by atoms with Crippen LogP contribution in [0.1, 0.15) is 47.2 Å². The molecule has 1 aromatic carbocycles. The van der Waals surface area contributed by atoms with Gasteiger partial charge in [-0.2, -0.15) is 0 Å². The smallest absolute Gasteiger partial charge is 0.146 e. The Hall–Kier alpha value is -3.51. The number of nitrogens with one attached hydrogen (secondary N) is 2. The molecule has 0 spiro atoms. The molecule has 2 N–H and O–H groups in total. The molecule has 3 aromatic rings. The van der Waals surface area contributed by atoms with E-state index in [9.17, 15) is 4.79 Å². The molecule has 1 saturated heterocycles. The van der Waals surface area contributed by atoms with Crippen molar-refractivity contribution in [2.24, 2.45) is 0 Å². The zero-order valence-corrected chi connectivity index (χ0v) is 19.1. The van der Waals surface area contributed by atoms with Crippen LogP contribution in [0.4, 0.5) is 11.5 Å². The van der Waals surface area contributed by atoms with Gasteiger partial charge in [-0.3, -0.25) is 4.98 Å². The lowest BCUT2D eigenvalue weighted by Crippen LogP contribution is -2.29. The first kappa shape index (κ1) is 21.3. The van der Waals surface area contributed by atoms with Crippen LogP contribution < -0.4 is 10.6 Å². The summed E-state index contributed by atoms with van der Waals surface area (Å²) in [5.41, 5.74) is 6.90. The fourth-order valence-electron chi connectivity index (χ4n) is 4.65. The topological polar surface area (TPSA) is 70.2 Å². The van der Waals surface area contributed by atoms with E-state index in [1.54, 1.807) is 0 Å². The quantitative estimate of drug-likeness (QED) is 0.556. The molecule has 4 heterocycles. The van der Waals surface area contributed by atoms with Crippen molar-refractivity contribution in [3.63, 3.8) is 0 Å². The summed E-state index contributed by atoms with van der Waals surface area (Å²) in [4.78, 5) is 23.5. The predicted octanol–water partition coefficient (Wildman–Crippen LogP) is 4.82. The van der Waals surface area contributed by atoms with Gasteiger partial charge < -0.3 is 20.3 Å². The monoisotopic (exact) mass is 439 g/mol. The standard InChI is InChI=1S/C27H29N5O/c1-18-3-4-22(16-29-18)24-15-21-9-12-28-25(17-33)26(21)27(31-24)30-23-7-5-19(6-8-23)20-10-13-32(2)14-11-20/h3-9,12,15-17,20,25,28H,10-11,13-14H2,1-2H3,(H,30,31). The number of anilines is 2. The molecule has 6 nitrogen and oxygen atoms in total. The first-order chi connectivity index (χ1) is 16.1. The van der Waals surface area contributed by atoms with Gasteiger partial charge in [-0.15, -0.1) is 0 Å². The second-order valence-corrected chi connectivity index (χ2v) is 8.99. The average molecular weight is 440 g/mol. The lowest BCUT2D eigenvalue weighted by molar-refractivity contribution is -0.109. The zero-order valence-electron chi connectivity index (χ0n) is 19.1. The first-order valence-electron chi connectivity index (χ1n) is 11.5. The number of likely N-dealkylation sites (tertiary alicyclic amines) is 1. The van der Waals surface area contributed by atoms with Crippen molar-refractivity contribution in [2.75, 3.05) is 25.5 Å². The van der Waals surface area contributed by atoms with E-state index in [0.717, 1.165) is 53.1 Å². The van der Waals surface area contributed by atoms with E-state index in [-0.39, 0.29) is 0 Å². The highest BCUT2D eigenvalue weighted by Crippen LogP contribution is 2.34. The maximum atomic E-state index is 11.8. The largest absolute Gasteiger partial charge is 0.378 e. The fourth-order valence-corrected chi connectivity index (χ4v) is 4.65. The van der Waals surface area contributed by atoms with E-state index < -0.39 is 6.04 Å². The number of rotatable bonds is 5.